The lowest BCUT2D eigenvalue weighted by atomic mass is 10.0. The molecule has 0 fully saturated rings. The number of hydrogen-bond donors (Lipinski definition) is 1. The molecule has 2 atom stereocenters. The van der Waals surface area contributed by atoms with E-state index in [1.807, 2.05) is 43.4 Å². The first-order valence-corrected chi connectivity index (χ1v) is 9.63. The summed E-state index contributed by atoms with van der Waals surface area (Å²) in [7, 11) is 0. The molecule has 0 rings (SSSR count). The predicted octanol–water partition coefficient (Wildman–Crippen LogP) is 5.11. The molecule has 150 valence electrons. The van der Waals surface area contributed by atoms with Gasteiger partial charge in [-0.3, -0.25) is 10.1 Å². The third-order valence-corrected chi connectivity index (χ3v) is 3.81. The van der Waals surface area contributed by atoms with Gasteiger partial charge in [0.2, 0.25) is 6.04 Å². The Kier molecular flexibility index (Phi) is 17.0. The van der Waals surface area contributed by atoms with E-state index in [-0.39, 0.29) is 6.42 Å². The third kappa shape index (κ3) is 15.7. The summed E-state index contributed by atoms with van der Waals surface area (Å²) in [5.41, 5.74) is 0. The molecule has 0 heterocycles. The number of aliphatic hydroxyl groups is 1. The number of aldehydes is 1. The molecule has 5 nitrogen and oxygen atoms in total. The van der Waals surface area contributed by atoms with Crippen LogP contribution >= 0.6 is 0 Å². The van der Waals surface area contributed by atoms with Gasteiger partial charge in [-0.05, 0) is 38.5 Å². The number of unbranched alkanes of at least 4 members (excludes halogenated alkanes) is 1. The fraction of sp³-hybridized carbons (Fsp3) is 0.500. The molecule has 1 N–H and O–H groups in total. The van der Waals surface area contributed by atoms with Crippen LogP contribution in [0.5, 0.6) is 0 Å². The van der Waals surface area contributed by atoms with Crippen LogP contribution in [0.2, 0.25) is 0 Å². The lowest BCUT2D eigenvalue weighted by Crippen LogP contribution is -2.32. The average Bonchev–Trinajstić information content (AvgIpc) is 2.64. The highest BCUT2D eigenvalue weighted by Crippen LogP contribution is 2.10. The molecule has 0 bridgehead atoms. The number of carbonyl (C=O) groups is 1. The molecule has 0 saturated carbocycles. The molecule has 0 aromatic carbocycles. The van der Waals surface area contributed by atoms with Gasteiger partial charge in [-0.1, -0.05) is 67.7 Å². The maximum absolute atomic E-state index is 11.1. The second-order valence-corrected chi connectivity index (χ2v) is 6.11. The second kappa shape index (κ2) is 18.5. The number of allylic oxidation sites excluding steroid dienone is 8. The Bertz CT molecular complexity index is 532. The van der Waals surface area contributed by atoms with Gasteiger partial charge in [0.05, 0.1) is 0 Å². The normalized spacial score (nSPS) is 14.9. The number of nitrogens with zero attached hydrogens (tertiary/aromatic N) is 1. The van der Waals surface area contributed by atoms with Gasteiger partial charge < -0.3 is 9.90 Å². The summed E-state index contributed by atoms with van der Waals surface area (Å²) < 4.78 is 0. The van der Waals surface area contributed by atoms with Crippen molar-refractivity contribution >= 4 is 6.29 Å². The summed E-state index contributed by atoms with van der Waals surface area (Å²) in [6, 6.07) is -0.964. The molecule has 0 aromatic rings. The standard InChI is InChI=1S/C22H33NO4/c1-2-3-15-19-22(25)21(23(26)27)18-16-13-11-9-7-5-4-6-8-10-12-14-17-20-24/h3-4,6-7,9-10,12-13,15-16,20-22,25H,2,5,8,11,14,17-19H2,1H3/b6-4-,9-7-,12-10-,15-3-,16-13-. The van der Waals surface area contributed by atoms with Crippen LogP contribution in [0.25, 0.3) is 0 Å². The third-order valence-electron chi connectivity index (χ3n) is 3.81. The molecule has 0 saturated heterocycles. The molecule has 0 aliphatic carbocycles. The van der Waals surface area contributed by atoms with Crippen molar-refractivity contribution in [2.75, 3.05) is 0 Å². The highest BCUT2D eigenvalue weighted by molar-refractivity contribution is 5.49. The monoisotopic (exact) mass is 375 g/mol. The first kappa shape index (κ1) is 24.7. The zero-order valence-corrected chi connectivity index (χ0v) is 16.3. The fourth-order valence-corrected chi connectivity index (χ4v) is 2.27. The highest BCUT2D eigenvalue weighted by Gasteiger charge is 2.27. The van der Waals surface area contributed by atoms with E-state index in [1.165, 1.54) is 0 Å². The summed E-state index contributed by atoms with van der Waals surface area (Å²) in [5, 5.41) is 21.0. The molecule has 0 aromatic heterocycles. The molecule has 27 heavy (non-hydrogen) atoms. The maximum atomic E-state index is 11.1. The van der Waals surface area contributed by atoms with E-state index in [0.717, 1.165) is 38.4 Å². The number of carbonyl (C=O) groups excluding carboxylic acids is 1. The minimum absolute atomic E-state index is 0.234. The zero-order chi connectivity index (χ0) is 20.2. The van der Waals surface area contributed by atoms with Gasteiger partial charge in [-0.15, -0.1) is 0 Å². The van der Waals surface area contributed by atoms with E-state index in [9.17, 15) is 20.0 Å². The molecule has 0 spiro atoms. The van der Waals surface area contributed by atoms with E-state index in [2.05, 4.69) is 12.2 Å². The van der Waals surface area contributed by atoms with Crippen molar-refractivity contribution in [2.45, 2.75) is 70.4 Å². The lowest BCUT2D eigenvalue weighted by Gasteiger charge is -2.12. The number of aliphatic hydroxyl groups excluding tert-OH is 1. The van der Waals surface area contributed by atoms with Crippen LogP contribution in [0.1, 0.15) is 58.3 Å². The largest absolute Gasteiger partial charge is 0.386 e. The summed E-state index contributed by atoms with van der Waals surface area (Å²) in [5.74, 6) is 0. The first-order valence-electron chi connectivity index (χ1n) is 9.63. The van der Waals surface area contributed by atoms with Gasteiger partial charge in [-0.25, -0.2) is 0 Å². The van der Waals surface area contributed by atoms with Crippen molar-refractivity contribution in [3.8, 4) is 0 Å². The van der Waals surface area contributed by atoms with Crippen LogP contribution in [-0.4, -0.2) is 28.5 Å². The lowest BCUT2D eigenvalue weighted by molar-refractivity contribution is -0.533. The van der Waals surface area contributed by atoms with Gasteiger partial charge in [0.15, 0.2) is 0 Å². The van der Waals surface area contributed by atoms with Gasteiger partial charge >= 0.3 is 0 Å². The minimum Gasteiger partial charge on any atom is -0.386 e. The molecule has 0 aliphatic heterocycles. The highest BCUT2D eigenvalue weighted by atomic mass is 16.6. The van der Waals surface area contributed by atoms with Crippen LogP contribution in [0.4, 0.5) is 0 Å². The second-order valence-electron chi connectivity index (χ2n) is 6.11. The van der Waals surface area contributed by atoms with Crippen molar-refractivity contribution in [1.82, 2.24) is 0 Å². The van der Waals surface area contributed by atoms with Crippen molar-refractivity contribution in [1.29, 1.82) is 0 Å². The number of rotatable bonds is 16. The Labute approximate surface area is 163 Å². The Morgan fingerprint density at radius 1 is 0.815 bits per heavy atom. The Hall–Kier alpha value is -2.27. The van der Waals surface area contributed by atoms with Gasteiger partial charge in [0.1, 0.15) is 12.4 Å². The van der Waals surface area contributed by atoms with Gasteiger partial charge in [-0.2, -0.15) is 0 Å². The van der Waals surface area contributed by atoms with Gasteiger partial charge in [0, 0.05) is 17.8 Å². The minimum atomic E-state index is -0.964. The summed E-state index contributed by atoms with van der Waals surface area (Å²) in [6.45, 7) is 1.98. The molecule has 0 amide bonds. The van der Waals surface area contributed by atoms with Crippen molar-refractivity contribution in [3.05, 3.63) is 70.9 Å². The summed E-state index contributed by atoms with van der Waals surface area (Å²) in [4.78, 5) is 20.8. The van der Waals surface area contributed by atoms with Crippen molar-refractivity contribution in [3.63, 3.8) is 0 Å². The Morgan fingerprint density at radius 2 is 1.33 bits per heavy atom. The summed E-state index contributed by atoms with van der Waals surface area (Å²) in [6.07, 6.45) is 24.8. The number of nitro groups is 1. The smallest absolute Gasteiger partial charge is 0.242 e. The first-order chi connectivity index (χ1) is 13.1. The topological polar surface area (TPSA) is 80.4 Å². The molecule has 0 aliphatic rings. The van der Waals surface area contributed by atoms with Crippen molar-refractivity contribution in [2.24, 2.45) is 0 Å². The zero-order valence-electron chi connectivity index (χ0n) is 16.3. The van der Waals surface area contributed by atoms with Crippen LogP contribution in [-0.2, 0) is 4.79 Å². The van der Waals surface area contributed by atoms with E-state index in [0.29, 0.717) is 12.8 Å². The fourth-order valence-electron chi connectivity index (χ4n) is 2.27. The van der Waals surface area contributed by atoms with E-state index in [4.69, 9.17) is 0 Å². The maximum Gasteiger partial charge on any atom is 0.242 e. The van der Waals surface area contributed by atoms with Crippen LogP contribution in [0.15, 0.2) is 60.8 Å². The average molecular weight is 376 g/mol. The number of hydrogen-bond acceptors (Lipinski definition) is 4. The molecule has 2 unspecified atom stereocenters. The SMILES string of the molecule is CC/C=C\CC(O)C(C/C=C\C/C=C\C/C=C\C/C=C\CCC=O)[N+](=O)[O-]. The van der Waals surface area contributed by atoms with Gasteiger partial charge in [0.25, 0.3) is 0 Å². The van der Waals surface area contributed by atoms with E-state index >= 15 is 0 Å². The van der Waals surface area contributed by atoms with Crippen LogP contribution in [0, 0.1) is 10.1 Å². The molecular formula is C22H33NO4. The van der Waals surface area contributed by atoms with E-state index in [1.54, 1.807) is 12.2 Å². The van der Waals surface area contributed by atoms with Crippen molar-refractivity contribution < 1.29 is 14.8 Å². The Morgan fingerprint density at radius 3 is 1.85 bits per heavy atom. The van der Waals surface area contributed by atoms with Crippen LogP contribution in [0.3, 0.4) is 0 Å². The predicted molar refractivity (Wildman–Crippen MR) is 111 cm³/mol. The summed E-state index contributed by atoms with van der Waals surface area (Å²) >= 11 is 0. The Balaban J connectivity index is 3.99. The molecule has 5 heteroatoms. The van der Waals surface area contributed by atoms with E-state index < -0.39 is 17.1 Å². The van der Waals surface area contributed by atoms with Crippen LogP contribution < -0.4 is 0 Å². The molecular weight excluding hydrogens is 342 g/mol. The quantitative estimate of drug-likeness (QED) is 0.134. The molecule has 0 radical (unpaired) electrons.